The summed E-state index contributed by atoms with van der Waals surface area (Å²) in [6.07, 6.45) is 2.23. The van der Waals surface area contributed by atoms with E-state index in [2.05, 4.69) is 15.0 Å². The van der Waals surface area contributed by atoms with Crippen LogP contribution >= 0.6 is 11.8 Å². The minimum atomic E-state index is -0.431. The van der Waals surface area contributed by atoms with Gasteiger partial charge in [-0.3, -0.25) is 14.3 Å². The molecule has 1 aliphatic heterocycles. The number of hydrogen-bond acceptors (Lipinski definition) is 4. The van der Waals surface area contributed by atoms with E-state index in [0.717, 1.165) is 18.0 Å². The topological polar surface area (TPSA) is 83.5 Å². The van der Waals surface area contributed by atoms with Gasteiger partial charge >= 0.3 is 5.69 Å². The third-order valence-electron chi connectivity index (χ3n) is 3.01. The fourth-order valence-corrected chi connectivity index (χ4v) is 3.29. The number of aromatic nitrogens is 4. The van der Waals surface area contributed by atoms with E-state index in [9.17, 15) is 9.59 Å². The van der Waals surface area contributed by atoms with Gasteiger partial charge in [0.15, 0.2) is 5.65 Å². The van der Waals surface area contributed by atoms with E-state index in [1.807, 2.05) is 11.8 Å². The summed E-state index contributed by atoms with van der Waals surface area (Å²) in [6, 6.07) is 0. The Morgan fingerprint density at radius 3 is 2.94 bits per heavy atom. The first-order chi connectivity index (χ1) is 8.16. The van der Waals surface area contributed by atoms with E-state index in [0.29, 0.717) is 16.4 Å². The second-order valence-corrected chi connectivity index (χ2v) is 5.45. The molecule has 0 saturated carbocycles. The average molecular weight is 252 g/mol. The second kappa shape index (κ2) is 3.76. The summed E-state index contributed by atoms with van der Waals surface area (Å²) in [5.74, 6) is 1.92. The summed E-state index contributed by atoms with van der Waals surface area (Å²) in [6.45, 7) is 0. The fraction of sp³-hybridized carbons (Fsp3) is 0.500. The lowest BCUT2D eigenvalue weighted by atomic mass is 10.2. The number of thioether (sulfide) groups is 1. The van der Waals surface area contributed by atoms with Crippen LogP contribution in [0.25, 0.3) is 11.2 Å². The summed E-state index contributed by atoms with van der Waals surface area (Å²) >= 11 is 1.83. The Labute approximate surface area is 100 Å². The highest BCUT2D eigenvalue weighted by Gasteiger charge is 2.22. The van der Waals surface area contributed by atoms with E-state index < -0.39 is 11.2 Å². The zero-order chi connectivity index (χ0) is 12.0. The van der Waals surface area contributed by atoms with Crippen molar-refractivity contribution in [2.75, 3.05) is 5.75 Å². The molecule has 0 aromatic carbocycles. The monoisotopic (exact) mass is 252 g/mol. The van der Waals surface area contributed by atoms with Gasteiger partial charge in [0.1, 0.15) is 11.3 Å². The van der Waals surface area contributed by atoms with Gasteiger partial charge in [-0.25, -0.2) is 9.78 Å². The average Bonchev–Trinajstić information content (AvgIpc) is 2.94. The summed E-state index contributed by atoms with van der Waals surface area (Å²) in [5, 5.41) is 0.317. The van der Waals surface area contributed by atoms with Gasteiger partial charge in [-0.05, 0) is 18.6 Å². The zero-order valence-electron chi connectivity index (χ0n) is 9.32. The molecule has 17 heavy (non-hydrogen) atoms. The lowest BCUT2D eigenvalue weighted by molar-refractivity contribution is 0.787. The smallest absolute Gasteiger partial charge is 0.329 e. The van der Waals surface area contributed by atoms with Gasteiger partial charge in [0.05, 0.1) is 5.25 Å². The molecule has 0 amide bonds. The molecule has 90 valence electrons. The summed E-state index contributed by atoms with van der Waals surface area (Å²) in [7, 11) is 1.60. The maximum absolute atomic E-state index is 11.6. The molecule has 1 unspecified atom stereocenters. The van der Waals surface area contributed by atoms with Gasteiger partial charge in [0, 0.05) is 7.05 Å². The van der Waals surface area contributed by atoms with Gasteiger partial charge in [-0.1, -0.05) is 0 Å². The third-order valence-corrected chi connectivity index (χ3v) is 4.39. The van der Waals surface area contributed by atoms with Crippen LogP contribution in [0.2, 0.25) is 0 Å². The largest absolute Gasteiger partial charge is 0.335 e. The number of H-pyrrole nitrogens is 2. The van der Waals surface area contributed by atoms with Crippen LogP contribution in [0.15, 0.2) is 9.59 Å². The number of rotatable bonds is 1. The number of nitrogens with one attached hydrogen (secondary N) is 2. The van der Waals surface area contributed by atoms with Crippen molar-refractivity contribution < 1.29 is 0 Å². The van der Waals surface area contributed by atoms with Crippen molar-refractivity contribution in [2.24, 2.45) is 7.05 Å². The van der Waals surface area contributed by atoms with Crippen LogP contribution < -0.4 is 11.2 Å². The molecular formula is C10H12N4O2S. The van der Waals surface area contributed by atoms with Crippen molar-refractivity contribution in [2.45, 2.75) is 18.1 Å². The van der Waals surface area contributed by atoms with Crippen molar-refractivity contribution in [3.8, 4) is 0 Å². The second-order valence-electron chi connectivity index (χ2n) is 4.14. The first-order valence-electron chi connectivity index (χ1n) is 5.47. The SMILES string of the molecule is Cn1c(=O)[nH]c(=O)c2[nH]c(C3CCCS3)nc21. The molecule has 1 fully saturated rings. The number of imidazole rings is 1. The number of nitrogens with zero attached hydrogens (tertiary/aromatic N) is 2. The van der Waals surface area contributed by atoms with Crippen molar-refractivity contribution >= 4 is 22.9 Å². The lowest BCUT2D eigenvalue weighted by Crippen LogP contribution is -2.28. The Morgan fingerprint density at radius 1 is 1.41 bits per heavy atom. The molecule has 3 rings (SSSR count). The van der Waals surface area contributed by atoms with Crippen LogP contribution in [0.4, 0.5) is 0 Å². The predicted octanol–water partition coefficient (Wildman–Crippen LogP) is 0.518. The minimum Gasteiger partial charge on any atom is -0.335 e. The van der Waals surface area contributed by atoms with Crippen LogP contribution in [-0.2, 0) is 7.05 Å². The quantitative estimate of drug-likeness (QED) is 0.775. The maximum atomic E-state index is 11.6. The highest BCUT2D eigenvalue weighted by molar-refractivity contribution is 7.99. The van der Waals surface area contributed by atoms with Crippen molar-refractivity contribution in [1.29, 1.82) is 0 Å². The molecule has 0 radical (unpaired) electrons. The molecule has 0 bridgehead atoms. The van der Waals surface area contributed by atoms with Gasteiger partial charge in [0.2, 0.25) is 0 Å². The Hall–Kier alpha value is -1.50. The Bertz CT molecular complexity index is 678. The molecule has 3 heterocycles. The first-order valence-corrected chi connectivity index (χ1v) is 6.52. The van der Waals surface area contributed by atoms with Gasteiger partial charge in [-0.15, -0.1) is 0 Å². The minimum absolute atomic E-state index is 0.317. The molecule has 6 nitrogen and oxygen atoms in total. The van der Waals surface area contributed by atoms with Crippen LogP contribution in [0.5, 0.6) is 0 Å². The molecule has 1 atom stereocenters. The fourth-order valence-electron chi connectivity index (χ4n) is 2.07. The standard InChI is InChI=1S/C10H12N4O2S/c1-14-8-6(9(15)13-10(14)16)11-7(12-8)5-3-2-4-17-5/h5H,2-4H2,1H3,(H,11,12)(H,13,15,16). The summed E-state index contributed by atoms with van der Waals surface area (Å²) in [4.78, 5) is 32.7. The molecule has 0 aliphatic carbocycles. The Morgan fingerprint density at radius 2 is 2.24 bits per heavy atom. The van der Waals surface area contributed by atoms with E-state index in [-0.39, 0.29) is 0 Å². The van der Waals surface area contributed by atoms with E-state index in [4.69, 9.17) is 0 Å². The molecule has 1 saturated heterocycles. The number of aromatic amines is 2. The number of fused-ring (bicyclic) bond motifs is 1. The molecule has 2 N–H and O–H groups in total. The first kappa shape index (κ1) is 10.6. The summed E-state index contributed by atoms with van der Waals surface area (Å²) in [5.41, 5.74) is -0.0136. The van der Waals surface area contributed by atoms with E-state index >= 15 is 0 Å². The Kier molecular flexibility index (Phi) is 2.36. The molecule has 2 aromatic rings. The number of hydrogen-bond donors (Lipinski definition) is 2. The third kappa shape index (κ3) is 1.61. The molecular weight excluding hydrogens is 240 g/mol. The number of aryl methyl sites for hydroxylation is 1. The van der Waals surface area contributed by atoms with Crippen LogP contribution in [-0.4, -0.2) is 25.3 Å². The highest BCUT2D eigenvalue weighted by atomic mass is 32.2. The van der Waals surface area contributed by atoms with Crippen molar-refractivity contribution in [3.05, 3.63) is 26.7 Å². The normalized spacial score (nSPS) is 20.2. The lowest BCUT2D eigenvalue weighted by Gasteiger charge is -2.01. The zero-order valence-corrected chi connectivity index (χ0v) is 10.1. The maximum Gasteiger partial charge on any atom is 0.329 e. The van der Waals surface area contributed by atoms with Crippen molar-refractivity contribution in [3.63, 3.8) is 0 Å². The van der Waals surface area contributed by atoms with Crippen LogP contribution in [0.1, 0.15) is 23.9 Å². The summed E-state index contributed by atoms with van der Waals surface area (Å²) < 4.78 is 1.36. The Balaban J connectivity index is 2.25. The molecule has 1 aliphatic rings. The highest BCUT2D eigenvalue weighted by Crippen LogP contribution is 2.38. The van der Waals surface area contributed by atoms with Gasteiger partial charge in [-0.2, -0.15) is 11.8 Å². The van der Waals surface area contributed by atoms with Crippen molar-refractivity contribution in [1.82, 2.24) is 19.5 Å². The predicted molar refractivity (Wildman–Crippen MR) is 66.4 cm³/mol. The van der Waals surface area contributed by atoms with E-state index in [1.165, 1.54) is 11.0 Å². The van der Waals surface area contributed by atoms with Crippen LogP contribution in [0.3, 0.4) is 0 Å². The van der Waals surface area contributed by atoms with Crippen LogP contribution in [0, 0.1) is 0 Å². The van der Waals surface area contributed by atoms with E-state index in [1.54, 1.807) is 7.05 Å². The molecule has 2 aromatic heterocycles. The molecule has 0 spiro atoms. The molecule has 7 heteroatoms. The van der Waals surface area contributed by atoms with Gasteiger partial charge in [0.25, 0.3) is 5.56 Å². The van der Waals surface area contributed by atoms with Gasteiger partial charge < -0.3 is 4.98 Å².